The van der Waals surface area contributed by atoms with Gasteiger partial charge in [-0.2, -0.15) is 4.98 Å². The molecule has 126 valence electrons. The SMILES string of the molecule is CCNC(=NCc1noc(C)n1)N(C)Cc1ccc(Br)cc1.I. The summed E-state index contributed by atoms with van der Waals surface area (Å²) in [5.41, 5.74) is 1.21. The van der Waals surface area contributed by atoms with Gasteiger partial charge in [-0.15, -0.1) is 24.0 Å². The van der Waals surface area contributed by atoms with Crippen LogP contribution in [0.2, 0.25) is 0 Å². The van der Waals surface area contributed by atoms with E-state index in [2.05, 4.69) is 53.4 Å². The molecule has 0 bridgehead atoms. The van der Waals surface area contributed by atoms with Crippen LogP contribution in [0.15, 0.2) is 38.3 Å². The Kier molecular flexibility index (Phi) is 8.53. The number of halogens is 2. The van der Waals surface area contributed by atoms with Gasteiger partial charge in [-0.05, 0) is 24.6 Å². The van der Waals surface area contributed by atoms with Crippen LogP contribution in [0.3, 0.4) is 0 Å². The van der Waals surface area contributed by atoms with E-state index in [1.807, 2.05) is 26.1 Å². The molecular weight excluding hydrogens is 473 g/mol. The highest BCUT2D eigenvalue weighted by molar-refractivity contribution is 14.0. The molecule has 1 aromatic carbocycles. The van der Waals surface area contributed by atoms with Gasteiger partial charge in [0.2, 0.25) is 5.89 Å². The summed E-state index contributed by atoms with van der Waals surface area (Å²) in [6.07, 6.45) is 0. The van der Waals surface area contributed by atoms with Crippen LogP contribution in [0.25, 0.3) is 0 Å². The molecule has 2 rings (SSSR count). The van der Waals surface area contributed by atoms with Gasteiger partial charge in [0, 0.05) is 31.5 Å². The van der Waals surface area contributed by atoms with Gasteiger partial charge >= 0.3 is 0 Å². The van der Waals surface area contributed by atoms with Crippen LogP contribution in [0.5, 0.6) is 0 Å². The maximum atomic E-state index is 4.96. The summed E-state index contributed by atoms with van der Waals surface area (Å²) >= 11 is 3.45. The molecule has 0 spiro atoms. The molecule has 8 heteroatoms. The first-order chi connectivity index (χ1) is 10.6. The average molecular weight is 494 g/mol. The van der Waals surface area contributed by atoms with E-state index in [-0.39, 0.29) is 24.0 Å². The summed E-state index contributed by atoms with van der Waals surface area (Å²) in [6.45, 7) is 5.77. The van der Waals surface area contributed by atoms with Crippen molar-refractivity contribution in [3.8, 4) is 0 Å². The molecule has 0 unspecified atom stereocenters. The quantitative estimate of drug-likeness (QED) is 0.393. The average Bonchev–Trinajstić information content (AvgIpc) is 2.91. The summed E-state index contributed by atoms with van der Waals surface area (Å²) in [5.74, 6) is 1.95. The summed E-state index contributed by atoms with van der Waals surface area (Å²) in [4.78, 5) is 10.8. The molecule has 0 amide bonds. The molecule has 23 heavy (non-hydrogen) atoms. The Bertz CT molecular complexity index is 629. The number of hydrogen-bond acceptors (Lipinski definition) is 4. The maximum absolute atomic E-state index is 4.96. The first-order valence-corrected chi connectivity index (χ1v) is 7.91. The largest absolute Gasteiger partial charge is 0.357 e. The zero-order valence-electron chi connectivity index (χ0n) is 13.4. The summed E-state index contributed by atoms with van der Waals surface area (Å²) < 4.78 is 6.03. The normalized spacial score (nSPS) is 11.0. The fourth-order valence-electron chi connectivity index (χ4n) is 1.96. The van der Waals surface area contributed by atoms with Crippen molar-refractivity contribution in [2.45, 2.75) is 26.9 Å². The Morgan fingerprint density at radius 2 is 2.04 bits per heavy atom. The van der Waals surface area contributed by atoms with E-state index >= 15 is 0 Å². The first-order valence-electron chi connectivity index (χ1n) is 7.11. The van der Waals surface area contributed by atoms with E-state index in [9.17, 15) is 0 Å². The van der Waals surface area contributed by atoms with Crippen molar-refractivity contribution in [1.82, 2.24) is 20.4 Å². The van der Waals surface area contributed by atoms with E-state index in [0.29, 0.717) is 18.3 Å². The van der Waals surface area contributed by atoms with E-state index in [0.717, 1.165) is 23.5 Å². The molecule has 0 radical (unpaired) electrons. The molecule has 1 aromatic heterocycles. The third-order valence-electron chi connectivity index (χ3n) is 2.97. The predicted molar refractivity (Wildman–Crippen MR) is 105 cm³/mol. The topological polar surface area (TPSA) is 66.5 Å². The van der Waals surface area contributed by atoms with E-state index in [1.54, 1.807) is 6.92 Å². The Balaban J connectivity index is 0.00000264. The summed E-state index contributed by atoms with van der Waals surface area (Å²) in [6, 6.07) is 8.25. The van der Waals surface area contributed by atoms with Crippen LogP contribution in [0.4, 0.5) is 0 Å². The zero-order chi connectivity index (χ0) is 15.9. The third kappa shape index (κ3) is 6.46. The Hall–Kier alpha value is -1.16. The van der Waals surface area contributed by atoms with Gasteiger partial charge in [0.15, 0.2) is 11.8 Å². The monoisotopic (exact) mass is 493 g/mol. The molecule has 6 nitrogen and oxygen atoms in total. The van der Waals surface area contributed by atoms with Gasteiger partial charge in [0.25, 0.3) is 0 Å². The van der Waals surface area contributed by atoms with Gasteiger partial charge in [-0.25, -0.2) is 4.99 Å². The fraction of sp³-hybridized carbons (Fsp3) is 0.400. The highest BCUT2D eigenvalue weighted by Gasteiger charge is 2.08. The first kappa shape index (κ1) is 19.9. The highest BCUT2D eigenvalue weighted by Crippen LogP contribution is 2.12. The highest BCUT2D eigenvalue weighted by atomic mass is 127. The minimum absolute atomic E-state index is 0. The Morgan fingerprint density at radius 1 is 1.35 bits per heavy atom. The molecule has 0 saturated carbocycles. The van der Waals surface area contributed by atoms with E-state index in [1.165, 1.54) is 5.56 Å². The molecule has 0 aliphatic heterocycles. The molecule has 1 heterocycles. The minimum Gasteiger partial charge on any atom is -0.357 e. The van der Waals surface area contributed by atoms with Gasteiger partial charge < -0.3 is 14.7 Å². The second-order valence-corrected chi connectivity index (χ2v) is 5.80. The molecule has 0 aliphatic carbocycles. The second-order valence-electron chi connectivity index (χ2n) is 4.88. The van der Waals surface area contributed by atoms with E-state index in [4.69, 9.17) is 4.52 Å². The van der Waals surface area contributed by atoms with E-state index < -0.39 is 0 Å². The maximum Gasteiger partial charge on any atom is 0.223 e. The van der Waals surface area contributed by atoms with Crippen LogP contribution in [-0.4, -0.2) is 34.6 Å². The summed E-state index contributed by atoms with van der Waals surface area (Å²) in [7, 11) is 2.00. The molecule has 1 N–H and O–H groups in total. The van der Waals surface area contributed by atoms with Gasteiger partial charge in [-0.1, -0.05) is 33.2 Å². The molecular formula is C15H21BrIN5O. The molecule has 0 saturated heterocycles. The van der Waals surface area contributed by atoms with Crippen molar-refractivity contribution in [2.24, 2.45) is 4.99 Å². The predicted octanol–water partition coefficient (Wildman–Crippen LogP) is 3.36. The molecule has 0 fully saturated rings. The number of nitrogens with one attached hydrogen (secondary N) is 1. The second kappa shape index (κ2) is 9.86. The zero-order valence-corrected chi connectivity index (χ0v) is 17.3. The van der Waals surface area contributed by atoms with Crippen LogP contribution in [-0.2, 0) is 13.1 Å². The lowest BCUT2D eigenvalue weighted by Gasteiger charge is -2.22. The fourth-order valence-corrected chi connectivity index (χ4v) is 2.22. The van der Waals surface area contributed by atoms with Crippen molar-refractivity contribution in [2.75, 3.05) is 13.6 Å². The van der Waals surface area contributed by atoms with Gasteiger partial charge in [0.1, 0.15) is 6.54 Å². The lowest BCUT2D eigenvalue weighted by Crippen LogP contribution is -2.38. The number of aromatic nitrogens is 2. The van der Waals surface area contributed by atoms with Crippen molar-refractivity contribution < 1.29 is 4.52 Å². The lowest BCUT2D eigenvalue weighted by atomic mass is 10.2. The van der Waals surface area contributed by atoms with Gasteiger partial charge in [0.05, 0.1) is 0 Å². The van der Waals surface area contributed by atoms with Crippen molar-refractivity contribution in [3.05, 3.63) is 46.0 Å². The number of aryl methyl sites for hydroxylation is 1. The number of nitrogens with zero attached hydrogens (tertiary/aromatic N) is 4. The van der Waals surface area contributed by atoms with Crippen molar-refractivity contribution >= 4 is 45.9 Å². The smallest absolute Gasteiger partial charge is 0.223 e. The number of hydrogen-bond donors (Lipinski definition) is 1. The number of aliphatic imine (C=N–C) groups is 1. The standard InChI is InChI=1S/C15H20BrN5O.HI/c1-4-17-15(18-9-14-19-11(2)22-20-14)21(3)10-12-5-7-13(16)8-6-12;/h5-8H,4,9-10H2,1-3H3,(H,17,18);1H. The van der Waals surface area contributed by atoms with Crippen LogP contribution in [0.1, 0.15) is 24.2 Å². The molecule has 2 aromatic rings. The number of guanidine groups is 1. The minimum atomic E-state index is 0. The van der Waals surface area contributed by atoms with Gasteiger partial charge in [-0.3, -0.25) is 0 Å². The number of rotatable bonds is 5. The lowest BCUT2D eigenvalue weighted by molar-refractivity contribution is 0.387. The molecule has 0 aliphatic rings. The van der Waals surface area contributed by atoms with Crippen LogP contribution < -0.4 is 5.32 Å². The van der Waals surface area contributed by atoms with Crippen molar-refractivity contribution in [1.29, 1.82) is 0 Å². The number of benzene rings is 1. The molecule has 0 atom stereocenters. The van der Waals surface area contributed by atoms with Crippen molar-refractivity contribution in [3.63, 3.8) is 0 Å². The van der Waals surface area contributed by atoms with Crippen LogP contribution >= 0.6 is 39.9 Å². The summed E-state index contributed by atoms with van der Waals surface area (Å²) in [5, 5.41) is 7.13. The van der Waals surface area contributed by atoms with Crippen LogP contribution in [0, 0.1) is 6.92 Å². The Morgan fingerprint density at radius 3 is 2.61 bits per heavy atom. The Labute approximate surface area is 161 Å². The third-order valence-corrected chi connectivity index (χ3v) is 3.50.